The first-order chi connectivity index (χ1) is 8.58. The third-order valence-corrected chi connectivity index (χ3v) is 2.08. The van der Waals surface area contributed by atoms with Crippen molar-refractivity contribution in [3.05, 3.63) is 12.7 Å². The first kappa shape index (κ1) is 16.9. The number of alkyl carbamates (subject to hydrolysis) is 1. The maximum Gasteiger partial charge on any atom is 0.408 e. The molecule has 2 atom stereocenters. The van der Waals surface area contributed by atoms with Crippen LogP contribution >= 0.6 is 0 Å². The van der Waals surface area contributed by atoms with Crippen LogP contribution in [0.25, 0.3) is 0 Å². The Morgan fingerprint density at radius 2 is 1.79 bits per heavy atom. The van der Waals surface area contributed by atoms with E-state index >= 15 is 0 Å². The Morgan fingerprint density at radius 3 is 2.11 bits per heavy atom. The number of carbonyl (C=O) groups is 3. The van der Waals surface area contributed by atoms with Gasteiger partial charge in [0.25, 0.3) is 0 Å². The van der Waals surface area contributed by atoms with Crippen LogP contribution in [0.15, 0.2) is 12.7 Å². The number of allylic oxidation sites excluding steroid dienone is 1. The molecule has 0 spiro atoms. The van der Waals surface area contributed by atoms with Crippen LogP contribution in [0, 0.1) is 5.92 Å². The molecule has 0 aliphatic carbocycles. The summed E-state index contributed by atoms with van der Waals surface area (Å²) in [6, 6.07) is -1.58. The number of hydrogen-bond donors (Lipinski definition) is 3. The zero-order valence-corrected chi connectivity index (χ0v) is 11.2. The Bertz CT molecular complexity index is 371. The van der Waals surface area contributed by atoms with Crippen LogP contribution in [-0.4, -0.2) is 39.9 Å². The maximum absolute atomic E-state index is 11.5. The standard InChI is InChI=1S/C12H19NO6/c1-5-6-7(9(14)15)8(10(16)17)13-11(18)19-12(2,3)4/h5,7-8H,1,6H2,2-4H3,(H,13,18)(H,14,15)(H,16,17)/t7-,8+/m0/s1. The summed E-state index contributed by atoms with van der Waals surface area (Å²) in [4.78, 5) is 33.5. The fraction of sp³-hybridized carbons (Fsp3) is 0.583. The second-order valence-electron chi connectivity index (χ2n) is 4.93. The lowest BCUT2D eigenvalue weighted by Gasteiger charge is -2.24. The molecule has 0 aliphatic rings. The largest absolute Gasteiger partial charge is 0.481 e. The van der Waals surface area contributed by atoms with E-state index in [1.165, 1.54) is 6.08 Å². The van der Waals surface area contributed by atoms with E-state index in [1.54, 1.807) is 20.8 Å². The summed E-state index contributed by atoms with van der Waals surface area (Å²) in [6.45, 7) is 8.20. The molecule has 0 saturated heterocycles. The molecule has 0 heterocycles. The summed E-state index contributed by atoms with van der Waals surface area (Å²) in [5.41, 5.74) is -0.801. The second kappa shape index (κ2) is 6.77. The summed E-state index contributed by atoms with van der Waals surface area (Å²) >= 11 is 0. The van der Waals surface area contributed by atoms with Crippen LogP contribution in [0.2, 0.25) is 0 Å². The monoisotopic (exact) mass is 273 g/mol. The first-order valence-corrected chi connectivity index (χ1v) is 5.64. The third kappa shape index (κ3) is 6.44. The van der Waals surface area contributed by atoms with E-state index in [-0.39, 0.29) is 6.42 Å². The number of rotatable bonds is 6. The molecule has 0 radical (unpaired) electrons. The lowest BCUT2D eigenvalue weighted by molar-refractivity contribution is -0.150. The zero-order chi connectivity index (χ0) is 15.2. The van der Waals surface area contributed by atoms with Gasteiger partial charge >= 0.3 is 18.0 Å². The molecule has 0 aromatic carbocycles. The number of carboxylic acids is 2. The van der Waals surface area contributed by atoms with Crippen LogP contribution < -0.4 is 5.32 Å². The Hall–Kier alpha value is -2.05. The van der Waals surface area contributed by atoms with Crippen molar-refractivity contribution >= 4 is 18.0 Å². The number of nitrogens with one attached hydrogen (secondary N) is 1. The summed E-state index contributed by atoms with van der Waals surface area (Å²) in [7, 11) is 0. The van der Waals surface area contributed by atoms with Gasteiger partial charge in [-0.25, -0.2) is 9.59 Å². The molecule has 0 rings (SSSR count). The van der Waals surface area contributed by atoms with E-state index in [4.69, 9.17) is 14.9 Å². The molecular formula is C12H19NO6. The molecule has 0 aliphatic heterocycles. The molecule has 19 heavy (non-hydrogen) atoms. The van der Waals surface area contributed by atoms with Gasteiger partial charge in [-0.2, -0.15) is 0 Å². The van der Waals surface area contributed by atoms with Crippen LogP contribution in [0.4, 0.5) is 4.79 Å². The fourth-order valence-electron chi connectivity index (χ4n) is 1.33. The Labute approximate surface area is 111 Å². The van der Waals surface area contributed by atoms with E-state index < -0.39 is 35.6 Å². The number of aliphatic carboxylic acids is 2. The second-order valence-corrected chi connectivity index (χ2v) is 4.93. The number of carboxylic acid groups (broad SMARTS) is 2. The zero-order valence-electron chi connectivity index (χ0n) is 11.2. The highest BCUT2D eigenvalue weighted by atomic mass is 16.6. The summed E-state index contributed by atoms with van der Waals surface area (Å²) in [5.74, 6) is -4.08. The highest BCUT2D eigenvalue weighted by Gasteiger charge is 2.35. The number of amides is 1. The van der Waals surface area contributed by atoms with Crippen LogP contribution in [0.3, 0.4) is 0 Å². The number of carbonyl (C=O) groups excluding carboxylic acids is 1. The van der Waals surface area contributed by atoms with Gasteiger partial charge < -0.3 is 20.3 Å². The van der Waals surface area contributed by atoms with Gasteiger partial charge in [0.05, 0.1) is 5.92 Å². The van der Waals surface area contributed by atoms with E-state index in [1.807, 2.05) is 5.32 Å². The molecule has 3 N–H and O–H groups in total. The molecule has 0 bridgehead atoms. The predicted octanol–water partition coefficient (Wildman–Crippen LogP) is 1.24. The minimum Gasteiger partial charge on any atom is -0.481 e. The lowest BCUT2D eigenvalue weighted by atomic mass is 9.96. The van der Waals surface area contributed by atoms with Gasteiger partial charge in [-0.1, -0.05) is 6.08 Å². The van der Waals surface area contributed by atoms with E-state index in [2.05, 4.69) is 6.58 Å². The van der Waals surface area contributed by atoms with Gasteiger partial charge in [-0.05, 0) is 27.2 Å². The van der Waals surface area contributed by atoms with Gasteiger partial charge in [-0.3, -0.25) is 4.79 Å². The van der Waals surface area contributed by atoms with Crippen LogP contribution in [0.5, 0.6) is 0 Å². The van der Waals surface area contributed by atoms with Gasteiger partial charge in [0.15, 0.2) is 0 Å². The van der Waals surface area contributed by atoms with Gasteiger partial charge in [0.2, 0.25) is 0 Å². The molecule has 7 nitrogen and oxygen atoms in total. The highest BCUT2D eigenvalue weighted by Crippen LogP contribution is 2.13. The molecule has 0 saturated carbocycles. The minimum absolute atomic E-state index is 0.0813. The average molecular weight is 273 g/mol. The molecule has 0 fully saturated rings. The first-order valence-electron chi connectivity index (χ1n) is 5.64. The van der Waals surface area contributed by atoms with Crippen molar-refractivity contribution in [3.8, 4) is 0 Å². The molecule has 0 aromatic rings. The topological polar surface area (TPSA) is 113 Å². The third-order valence-electron chi connectivity index (χ3n) is 2.08. The fourth-order valence-corrected chi connectivity index (χ4v) is 1.33. The van der Waals surface area contributed by atoms with Crippen LogP contribution in [-0.2, 0) is 14.3 Å². The molecule has 0 unspecified atom stereocenters. The number of hydrogen-bond acceptors (Lipinski definition) is 4. The van der Waals surface area contributed by atoms with Crippen molar-refractivity contribution in [1.82, 2.24) is 5.32 Å². The molecular weight excluding hydrogens is 254 g/mol. The Balaban J connectivity index is 4.91. The van der Waals surface area contributed by atoms with Crippen molar-refractivity contribution < 1.29 is 29.3 Å². The van der Waals surface area contributed by atoms with Crippen molar-refractivity contribution in [2.24, 2.45) is 5.92 Å². The van der Waals surface area contributed by atoms with Crippen LogP contribution in [0.1, 0.15) is 27.2 Å². The quantitative estimate of drug-likeness (QED) is 0.627. The van der Waals surface area contributed by atoms with E-state index in [0.29, 0.717) is 0 Å². The Kier molecular flexibility index (Phi) is 6.04. The maximum atomic E-state index is 11.5. The van der Waals surface area contributed by atoms with E-state index in [0.717, 1.165) is 0 Å². The minimum atomic E-state index is -1.58. The van der Waals surface area contributed by atoms with Crippen molar-refractivity contribution in [2.75, 3.05) is 0 Å². The lowest BCUT2D eigenvalue weighted by Crippen LogP contribution is -2.49. The van der Waals surface area contributed by atoms with Gasteiger partial charge in [0, 0.05) is 0 Å². The molecule has 7 heteroatoms. The van der Waals surface area contributed by atoms with Crippen molar-refractivity contribution in [2.45, 2.75) is 38.8 Å². The van der Waals surface area contributed by atoms with Crippen molar-refractivity contribution in [3.63, 3.8) is 0 Å². The summed E-state index contributed by atoms with van der Waals surface area (Å²) in [5, 5.41) is 20.0. The van der Waals surface area contributed by atoms with Crippen molar-refractivity contribution in [1.29, 1.82) is 0 Å². The molecule has 1 amide bonds. The molecule has 0 aromatic heterocycles. The Morgan fingerprint density at radius 1 is 1.26 bits per heavy atom. The SMILES string of the molecule is C=CC[C@H](C(=O)O)[C@@H](NC(=O)OC(C)(C)C)C(=O)O. The normalized spacial score (nSPS) is 14.1. The van der Waals surface area contributed by atoms with Gasteiger partial charge in [-0.15, -0.1) is 6.58 Å². The van der Waals surface area contributed by atoms with E-state index in [9.17, 15) is 14.4 Å². The average Bonchev–Trinajstić information content (AvgIpc) is 2.19. The predicted molar refractivity (Wildman–Crippen MR) is 66.7 cm³/mol. The smallest absolute Gasteiger partial charge is 0.408 e. The molecule has 108 valence electrons. The number of ether oxygens (including phenoxy) is 1. The highest BCUT2D eigenvalue weighted by molar-refractivity contribution is 5.86. The summed E-state index contributed by atoms with van der Waals surface area (Å²) in [6.07, 6.45) is 0.225. The summed E-state index contributed by atoms with van der Waals surface area (Å²) < 4.78 is 4.89. The van der Waals surface area contributed by atoms with Gasteiger partial charge in [0.1, 0.15) is 11.6 Å².